The largest absolute Gasteiger partial charge is 0.493 e. The highest BCUT2D eigenvalue weighted by Crippen LogP contribution is 2.43. The van der Waals surface area contributed by atoms with E-state index < -0.39 is 6.10 Å². The van der Waals surface area contributed by atoms with Gasteiger partial charge in [0, 0.05) is 18.0 Å². The quantitative estimate of drug-likeness (QED) is 0.892. The van der Waals surface area contributed by atoms with E-state index in [2.05, 4.69) is 35.6 Å². The van der Waals surface area contributed by atoms with Gasteiger partial charge >= 0.3 is 0 Å². The lowest BCUT2D eigenvalue weighted by molar-refractivity contribution is 0.199. The second-order valence-electron chi connectivity index (χ2n) is 6.69. The first-order valence-corrected chi connectivity index (χ1v) is 8.49. The molecule has 2 aliphatic heterocycles. The van der Waals surface area contributed by atoms with E-state index in [1.54, 1.807) is 6.92 Å². The van der Waals surface area contributed by atoms with E-state index in [0.29, 0.717) is 11.8 Å². The average Bonchev–Trinajstić information content (AvgIpc) is 2.96. The van der Waals surface area contributed by atoms with Gasteiger partial charge in [0.05, 0.1) is 12.7 Å². The van der Waals surface area contributed by atoms with Crippen molar-refractivity contribution in [2.45, 2.75) is 25.4 Å². The second-order valence-corrected chi connectivity index (χ2v) is 6.69. The van der Waals surface area contributed by atoms with E-state index in [1.165, 1.54) is 5.56 Å². The summed E-state index contributed by atoms with van der Waals surface area (Å²) in [6, 6.07) is 14.6. The molecule has 2 heterocycles. The summed E-state index contributed by atoms with van der Waals surface area (Å²) in [4.78, 5) is 0. The lowest BCUT2D eigenvalue weighted by Crippen LogP contribution is -2.11. The van der Waals surface area contributed by atoms with Gasteiger partial charge in [-0.25, -0.2) is 0 Å². The fourth-order valence-corrected chi connectivity index (χ4v) is 3.91. The summed E-state index contributed by atoms with van der Waals surface area (Å²) in [6.45, 7) is 4.71. The Morgan fingerprint density at radius 1 is 1.17 bits per heavy atom. The van der Waals surface area contributed by atoms with Gasteiger partial charge in [0.15, 0.2) is 0 Å². The maximum atomic E-state index is 9.86. The number of benzene rings is 2. The summed E-state index contributed by atoms with van der Waals surface area (Å²) in [7, 11) is 0. The highest BCUT2D eigenvalue weighted by atomic mass is 16.5. The number of rotatable bonds is 2. The van der Waals surface area contributed by atoms with Gasteiger partial charge in [-0.1, -0.05) is 36.4 Å². The highest BCUT2D eigenvalue weighted by Gasteiger charge is 2.33. The van der Waals surface area contributed by atoms with Crippen LogP contribution in [0.5, 0.6) is 5.75 Å². The Morgan fingerprint density at radius 2 is 2.04 bits per heavy atom. The Kier molecular flexibility index (Phi) is 3.83. The third-order valence-electron chi connectivity index (χ3n) is 5.20. The van der Waals surface area contributed by atoms with Crippen molar-refractivity contribution in [3.63, 3.8) is 0 Å². The van der Waals surface area contributed by atoms with Crippen molar-refractivity contribution in [2.24, 2.45) is 5.92 Å². The summed E-state index contributed by atoms with van der Waals surface area (Å²) >= 11 is 0. The monoisotopic (exact) mass is 309 g/mol. The number of hydrogen-bond acceptors (Lipinski definition) is 3. The van der Waals surface area contributed by atoms with Crippen LogP contribution >= 0.6 is 0 Å². The minimum absolute atomic E-state index is 0.457. The number of para-hydroxylation sites is 1. The van der Waals surface area contributed by atoms with Crippen LogP contribution in [-0.2, 0) is 0 Å². The maximum Gasteiger partial charge on any atom is 0.130 e. The van der Waals surface area contributed by atoms with Crippen molar-refractivity contribution in [3.05, 3.63) is 53.6 Å². The first kappa shape index (κ1) is 14.7. The summed E-state index contributed by atoms with van der Waals surface area (Å²) in [5, 5.41) is 13.4. The first-order valence-electron chi connectivity index (χ1n) is 8.49. The van der Waals surface area contributed by atoms with Crippen LogP contribution in [0, 0.1) is 5.92 Å². The van der Waals surface area contributed by atoms with Crippen LogP contribution in [0.1, 0.15) is 36.5 Å². The summed E-state index contributed by atoms with van der Waals surface area (Å²) in [6.07, 6.45) is 0.654. The van der Waals surface area contributed by atoms with Gasteiger partial charge in [-0.05, 0) is 48.6 Å². The molecular formula is C20H23NO2. The molecule has 3 atom stereocenters. The number of aliphatic hydroxyl groups excluding tert-OH is 1. The molecule has 3 nitrogen and oxygen atoms in total. The Hall–Kier alpha value is -1.84. The van der Waals surface area contributed by atoms with Gasteiger partial charge < -0.3 is 15.2 Å². The topological polar surface area (TPSA) is 41.5 Å². The Bertz CT molecular complexity index is 711. The predicted molar refractivity (Wildman–Crippen MR) is 91.7 cm³/mol. The van der Waals surface area contributed by atoms with Crippen molar-refractivity contribution in [1.29, 1.82) is 0 Å². The van der Waals surface area contributed by atoms with E-state index in [1.807, 2.05) is 12.1 Å². The predicted octanol–water partition coefficient (Wildman–Crippen LogP) is 3.49. The zero-order valence-corrected chi connectivity index (χ0v) is 13.5. The van der Waals surface area contributed by atoms with E-state index in [9.17, 15) is 5.11 Å². The molecule has 0 bridgehead atoms. The van der Waals surface area contributed by atoms with Gasteiger partial charge in [-0.15, -0.1) is 0 Å². The second kappa shape index (κ2) is 5.99. The lowest BCUT2D eigenvalue weighted by atomic mass is 9.85. The maximum absolute atomic E-state index is 9.86. The minimum Gasteiger partial charge on any atom is -0.493 e. The molecule has 0 saturated carbocycles. The van der Waals surface area contributed by atoms with Crippen LogP contribution in [0.25, 0.3) is 11.1 Å². The van der Waals surface area contributed by atoms with Gasteiger partial charge in [0.25, 0.3) is 0 Å². The van der Waals surface area contributed by atoms with Gasteiger partial charge in [0.2, 0.25) is 0 Å². The average molecular weight is 309 g/mol. The number of aliphatic hydroxyl groups is 1. The minimum atomic E-state index is -0.457. The van der Waals surface area contributed by atoms with Crippen LogP contribution in [0.2, 0.25) is 0 Å². The van der Waals surface area contributed by atoms with Crippen molar-refractivity contribution in [1.82, 2.24) is 5.32 Å². The van der Waals surface area contributed by atoms with E-state index in [0.717, 1.165) is 48.6 Å². The van der Waals surface area contributed by atoms with Gasteiger partial charge in [0.1, 0.15) is 5.75 Å². The van der Waals surface area contributed by atoms with Crippen LogP contribution < -0.4 is 10.1 Å². The molecule has 1 unspecified atom stereocenters. The third kappa shape index (κ3) is 2.64. The van der Waals surface area contributed by atoms with E-state index >= 15 is 0 Å². The zero-order chi connectivity index (χ0) is 15.8. The Balaban J connectivity index is 1.82. The van der Waals surface area contributed by atoms with Crippen molar-refractivity contribution >= 4 is 0 Å². The Morgan fingerprint density at radius 3 is 2.91 bits per heavy atom. The van der Waals surface area contributed by atoms with Crippen molar-refractivity contribution in [3.8, 4) is 16.9 Å². The Labute approximate surface area is 137 Å². The number of hydrogen-bond donors (Lipinski definition) is 2. The van der Waals surface area contributed by atoms with Crippen molar-refractivity contribution < 1.29 is 9.84 Å². The normalized spacial score (nSPS) is 24.3. The molecule has 120 valence electrons. The molecule has 0 spiro atoms. The highest BCUT2D eigenvalue weighted by molar-refractivity contribution is 5.73. The van der Waals surface area contributed by atoms with Crippen LogP contribution in [0.15, 0.2) is 42.5 Å². The van der Waals surface area contributed by atoms with Gasteiger partial charge in [-0.3, -0.25) is 0 Å². The standard InChI is InChI=1S/C20H23NO2/c1-13(22)14-4-2-5-15(10-14)17-6-3-7-18-19-12-21-11-16(19)8-9-23-20(17)18/h2-7,10,13,16,19,21-22H,8-9,11-12H2,1H3/t13?,16-,19-/m1/s1. The molecule has 1 fully saturated rings. The molecule has 2 aliphatic rings. The number of fused-ring (bicyclic) bond motifs is 3. The van der Waals surface area contributed by atoms with Crippen LogP contribution in [0.4, 0.5) is 0 Å². The fraction of sp³-hybridized carbons (Fsp3) is 0.400. The van der Waals surface area contributed by atoms with Crippen LogP contribution in [-0.4, -0.2) is 24.8 Å². The molecule has 3 heteroatoms. The van der Waals surface area contributed by atoms with E-state index in [4.69, 9.17) is 4.74 Å². The molecule has 2 N–H and O–H groups in total. The molecular weight excluding hydrogens is 286 g/mol. The first-order chi connectivity index (χ1) is 11.2. The molecule has 0 aromatic heterocycles. The molecule has 1 saturated heterocycles. The molecule has 4 rings (SSSR count). The zero-order valence-electron chi connectivity index (χ0n) is 13.5. The molecule has 23 heavy (non-hydrogen) atoms. The molecule has 0 amide bonds. The smallest absolute Gasteiger partial charge is 0.130 e. The lowest BCUT2D eigenvalue weighted by Gasteiger charge is -2.18. The fourth-order valence-electron chi connectivity index (χ4n) is 3.91. The summed E-state index contributed by atoms with van der Waals surface area (Å²) in [5.41, 5.74) is 4.52. The van der Waals surface area contributed by atoms with Gasteiger partial charge in [-0.2, -0.15) is 0 Å². The van der Waals surface area contributed by atoms with Crippen molar-refractivity contribution in [2.75, 3.05) is 19.7 Å². The van der Waals surface area contributed by atoms with Crippen LogP contribution in [0.3, 0.4) is 0 Å². The SMILES string of the molecule is CC(O)c1cccc(-c2cccc3c2OCC[C@@H]2CNC[C@@H]32)c1. The molecule has 2 aromatic carbocycles. The summed E-state index contributed by atoms with van der Waals surface area (Å²) in [5.74, 6) is 2.26. The summed E-state index contributed by atoms with van der Waals surface area (Å²) < 4.78 is 6.18. The molecule has 0 radical (unpaired) electrons. The number of nitrogens with one attached hydrogen (secondary N) is 1. The molecule has 0 aliphatic carbocycles. The number of ether oxygens (including phenoxy) is 1. The third-order valence-corrected chi connectivity index (χ3v) is 5.20. The molecule has 2 aromatic rings. The van der Waals surface area contributed by atoms with E-state index in [-0.39, 0.29) is 0 Å².